The third-order valence-corrected chi connectivity index (χ3v) is 8.48. The third-order valence-electron chi connectivity index (χ3n) is 7.34. The van der Waals surface area contributed by atoms with Gasteiger partial charge in [0.25, 0.3) is 11.8 Å². The van der Waals surface area contributed by atoms with Gasteiger partial charge in [0.15, 0.2) is 5.13 Å². The maximum Gasteiger partial charge on any atom is 0.263 e. The smallest absolute Gasteiger partial charge is 0.263 e. The van der Waals surface area contributed by atoms with E-state index in [2.05, 4.69) is 27.0 Å². The van der Waals surface area contributed by atoms with Gasteiger partial charge in [-0.2, -0.15) is 0 Å². The van der Waals surface area contributed by atoms with Gasteiger partial charge in [0, 0.05) is 61.3 Å². The molecular weight excluding hydrogens is 462 g/mol. The number of thiazole rings is 1. The summed E-state index contributed by atoms with van der Waals surface area (Å²) in [4.78, 5) is 35.4. The van der Waals surface area contributed by atoms with Crippen LogP contribution >= 0.6 is 11.3 Å². The van der Waals surface area contributed by atoms with Crippen molar-refractivity contribution in [1.29, 1.82) is 0 Å². The first kappa shape index (κ1) is 22.5. The van der Waals surface area contributed by atoms with Crippen molar-refractivity contribution < 1.29 is 14.3 Å². The minimum Gasteiger partial charge on any atom is -0.377 e. The molecule has 1 N–H and O–H groups in total. The molecule has 35 heavy (non-hydrogen) atoms. The van der Waals surface area contributed by atoms with E-state index in [0.29, 0.717) is 13.2 Å². The quantitative estimate of drug-likeness (QED) is 0.605. The van der Waals surface area contributed by atoms with Crippen molar-refractivity contribution >= 4 is 39.2 Å². The largest absolute Gasteiger partial charge is 0.377 e. The molecule has 1 atom stereocenters. The van der Waals surface area contributed by atoms with Crippen LogP contribution in [0.1, 0.15) is 51.6 Å². The lowest BCUT2D eigenvalue weighted by Gasteiger charge is -2.35. The van der Waals surface area contributed by atoms with Crippen molar-refractivity contribution in [2.24, 2.45) is 7.05 Å². The van der Waals surface area contributed by atoms with E-state index in [-0.39, 0.29) is 23.4 Å². The topological polar surface area (TPSA) is 79.7 Å². The Morgan fingerprint density at radius 3 is 2.89 bits per heavy atom. The van der Waals surface area contributed by atoms with Gasteiger partial charge >= 0.3 is 0 Å². The summed E-state index contributed by atoms with van der Waals surface area (Å²) < 4.78 is 8.02. The normalized spacial score (nSPS) is 21.6. The number of carbonyl (C=O) groups excluding carboxylic acids is 2. The van der Waals surface area contributed by atoms with Crippen LogP contribution in [-0.2, 0) is 24.6 Å². The van der Waals surface area contributed by atoms with Crippen molar-refractivity contribution in [1.82, 2.24) is 19.8 Å². The van der Waals surface area contributed by atoms with Crippen LogP contribution in [0.4, 0.5) is 5.13 Å². The van der Waals surface area contributed by atoms with Gasteiger partial charge in [0.1, 0.15) is 4.88 Å². The number of hydrogen-bond acceptors (Lipinski definition) is 6. The minimum absolute atomic E-state index is 0.0294. The number of aromatic nitrogens is 2. The lowest BCUT2D eigenvalue weighted by atomic mass is 9.94. The van der Waals surface area contributed by atoms with Crippen molar-refractivity contribution in [3.05, 3.63) is 46.1 Å². The average Bonchev–Trinajstić information content (AvgIpc) is 3.33. The number of carbonyl (C=O) groups is 2. The lowest BCUT2D eigenvalue weighted by molar-refractivity contribution is 0.0651. The van der Waals surface area contributed by atoms with E-state index in [1.54, 1.807) is 0 Å². The molecule has 3 aromatic rings. The highest BCUT2D eigenvalue weighted by Crippen LogP contribution is 2.35. The number of amides is 2. The summed E-state index contributed by atoms with van der Waals surface area (Å²) >= 11 is 1.48. The number of nitrogens with zero attached hydrogens (tertiary/aromatic N) is 4. The van der Waals surface area contributed by atoms with Gasteiger partial charge in [-0.1, -0.05) is 11.3 Å². The Balaban J connectivity index is 1.30. The molecule has 0 aliphatic carbocycles. The van der Waals surface area contributed by atoms with E-state index in [1.165, 1.54) is 16.9 Å². The van der Waals surface area contributed by atoms with Crippen LogP contribution < -0.4 is 10.2 Å². The van der Waals surface area contributed by atoms with Crippen molar-refractivity contribution in [2.75, 3.05) is 37.7 Å². The lowest BCUT2D eigenvalue weighted by Crippen LogP contribution is -2.48. The highest BCUT2D eigenvalue weighted by Gasteiger charge is 2.35. The zero-order valence-corrected chi connectivity index (χ0v) is 21.3. The summed E-state index contributed by atoms with van der Waals surface area (Å²) in [5, 5.41) is 5.10. The summed E-state index contributed by atoms with van der Waals surface area (Å²) in [7, 11) is 2.05. The zero-order chi connectivity index (χ0) is 24.3. The molecule has 3 aliphatic rings. The van der Waals surface area contributed by atoms with E-state index in [4.69, 9.17) is 9.72 Å². The molecule has 6 rings (SSSR count). The molecule has 2 amide bonds. The Morgan fingerprint density at radius 2 is 2.11 bits per heavy atom. The molecule has 3 aliphatic heterocycles. The highest BCUT2D eigenvalue weighted by atomic mass is 32.1. The van der Waals surface area contributed by atoms with Gasteiger partial charge in [0.05, 0.1) is 24.9 Å². The van der Waals surface area contributed by atoms with Crippen LogP contribution in [0, 0.1) is 0 Å². The van der Waals surface area contributed by atoms with Crippen LogP contribution in [-0.4, -0.2) is 70.7 Å². The number of fused-ring (bicyclic) bond motifs is 2. The van der Waals surface area contributed by atoms with Gasteiger partial charge < -0.3 is 24.4 Å². The summed E-state index contributed by atoms with van der Waals surface area (Å²) in [5.41, 5.74) is 3.67. The van der Waals surface area contributed by atoms with Crippen molar-refractivity contribution in [3.8, 4) is 0 Å². The Kier molecular flexibility index (Phi) is 5.37. The monoisotopic (exact) mass is 493 g/mol. The van der Waals surface area contributed by atoms with E-state index in [0.717, 1.165) is 71.1 Å². The molecule has 0 unspecified atom stereocenters. The summed E-state index contributed by atoms with van der Waals surface area (Å²) in [6.45, 7) is 7.75. The van der Waals surface area contributed by atoms with E-state index >= 15 is 0 Å². The van der Waals surface area contributed by atoms with E-state index < -0.39 is 0 Å². The average molecular weight is 494 g/mol. The van der Waals surface area contributed by atoms with E-state index in [9.17, 15) is 9.59 Å². The number of aryl methyl sites for hydroxylation is 1. The number of anilines is 1. The molecule has 1 aromatic carbocycles. The fraction of sp³-hybridized carbons (Fsp3) is 0.500. The summed E-state index contributed by atoms with van der Waals surface area (Å²) in [6.07, 6.45) is 4.76. The fourth-order valence-electron chi connectivity index (χ4n) is 5.39. The number of benzene rings is 1. The van der Waals surface area contributed by atoms with Gasteiger partial charge in [-0.3, -0.25) is 9.59 Å². The molecule has 0 bridgehead atoms. The number of morpholine rings is 1. The first-order valence-electron chi connectivity index (χ1n) is 12.3. The maximum atomic E-state index is 12.8. The van der Waals surface area contributed by atoms with Crippen molar-refractivity contribution in [3.63, 3.8) is 0 Å². The molecule has 0 spiro atoms. The first-order chi connectivity index (χ1) is 16.8. The first-order valence-corrected chi connectivity index (χ1v) is 13.1. The Labute approximate surface area is 208 Å². The maximum absolute atomic E-state index is 12.8. The number of ether oxygens (including phenoxy) is 1. The second kappa shape index (κ2) is 8.34. The minimum atomic E-state index is -0.284. The standard InChI is InChI=1S/C26H31N5O3S/c1-26(2)13-20-22(23(32)28-26)35-25(27-20)31-9-10-34-15-18(31)11-17-14-29(3)21-6-5-16(12-19(17)21)24(33)30-7-4-8-30/h5-6,12,14,18H,4,7-11,13,15H2,1-3H3,(H,28,32)/t18-/m0/s1. The molecule has 184 valence electrons. The number of nitrogens with one attached hydrogen (secondary N) is 1. The van der Waals surface area contributed by atoms with Gasteiger partial charge in [-0.25, -0.2) is 4.98 Å². The number of rotatable bonds is 4. The fourth-order valence-corrected chi connectivity index (χ4v) is 6.46. The van der Waals surface area contributed by atoms with Gasteiger partial charge in [0.2, 0.25) is 0 Å². The number of hydrogen-bond donors (Lipinski definition) is 1. The molecule has 2 aromatic heterocycles. The van der Waals surface area contributed by atoms with Crippen LogP contribution in [0.15, 0.2) is 24.4 Å². The Hall–Kier alpha value is -2.91. The Bertz CT molecular complexity index is 1320. The van der Waals surface area contributed by atoms with Crippen LogP contribution in [0.3, 0.4) is 0 Å². The predicted molar refractivity (Wildman–Crippen MR) is 136 cm³/mol. The second-order valence-corrected chi connectivity index (χ2v) is 11.5. The van der Waals surface area contributed by atoms with Gasteiger partial charge in [-0.15, -0.1) is 0 Å². The third kappa shape index (κ3) is 4.00. The molecular formula is C26H31N5O3S. The summed E-state index contributed by atoms with van der Waals surface area (Å²) in [5.74, 6) is 0.0865. The predicted octanol–water partition coefficient (Wildman–Crippen LogP) is 2.99. The molecule has 0 saturated carbocycles. The van der Waals surface area contributed by atoms with Crippen LogP contribution in [0.2, 0.25) is 0 Å². The molecule has 2 saturated heterocycles. The number of likely N-dealkylation sites (tertiary alicyclic amines) is 1. The van der Waals surface area contributed by atoms with Crippen molar-refractivity contribution in [2.45, 2.75) is 44.7 Å². The molecule has 5 heterocycles. The Morgan fingerprint density at radius 1 is 1.29 bits per heavy atom. The summed E-state index contributed by atoms with van der Waals surface area (Å²) in [6, 6.07) is 6.15. The molecule has 8 nitrogen and oxygen atoms in total. The molecule has 9 heteroatoms. The second-order valence-electron chi connectivity index (χ2n) is 10.6. The van der Waals surface area contributed by atoms with E-state index in [1.807, 2.05) is 37.9 Å². The van der Waals surface area contributed by atoms with Gasteiger partial charge in [-0.05, 0) is 50.5 Å². The highest BCUT2D eigenvalue weighted by molar-refractivity contribution is 7.17. The van der Waals surface area contributed by atoms with Crippen LogP contribution in [0.25, 0.3) is 10.9 Å². The van der Waals surface area contributed by atoms with Crippen LogP contribution in [0.5, 0.6) is 0 Å². The SMILES string of the molecule is Cn1cc(C[C@H]2COCCN2c2nc3c(s2)C(=O)NC(C)(C)C3)c2cc(C(=O)N3CCC3)ccc21. The zero-order valence-electron chi connectivity index (χ0n) is 20.5. The molecule has 2 fully saturated rings. The molecule has 0 radical (unpaired) electrons.